The minimum Gasteiger partial charge on any atom is -0.497 e. The van der Waals surface area contributed by atoms with Gasteiger partial charge in [-0.15, -0.1) is 6.58 Å². The lowest BCUT2D eigenvalue weighted by atomic mass is 9.84. The second-order valence-electron chi connectivity index (χ2n) is 11.6. The lowest BCUT2D eigenvalue weighted by Gasteiger charge is -2.30. The zero-order chi connectivity index (χ0) is 27.4. The van der Waals surface area contributed by atoms with Crippen molar-refractivity contribution in [1.82, 2.24) is 0 Å². The minimum atomic E-state index is -1.25. The quantitative estimate of drug-likeness (QED) is 0.158. The predicted octanol–water partition coefficient (Wildman–Crippen LogP) is 5.27. The number of esters is 1. The molecule has 0 aliphatic carbocycles. The number of aliphatic hydroxyl groups excluding tert-OH is 1. The summed E-state index contributed by atoms with van der Waals surface area (Å²) in [6.07, 6.45) is 1.45. The van der Waals surface area contributed by atoms with Gasteiger partial charge in [-0.2, -0.15) is 0 Å². The summed E-state index contributed by atoms with van der Waals surface area (Å²) in [5.41, 5.74) is 0.712. The third-order valence-electron chi connectivity index (χ3n) is 6.79. The molecule has 3 rings (SSSR count). The molecule has 1 N–H and O–H groups in total. The van der Waals surface area contributed by atoms with Crippen LogP contribution in [0.4, 0.5) is 0 Å². The molecule has 0 aromatic heterocycles. The van der Waals surface area contributed by atoms with Gasteiger partial charge in [0.1, 0.15) is 23.2 Å². The summed E-state index contributed by atoms with van der Waals surface area (Å²) in [4.78, 5) is 13.5. The smallest absolute Gasteiger partial charge is 0.342 e. The fraction of sp³-hybridized carbons (Fsp3) is 0.679. The van der Waals surface area contributed by atoms with E-state index in [1.54, 1.807) is 18.2 Å². The molecule has 9 heteroatoms. The van der Waals surface area contributed by atoms with Crippen LogP contribution >= 0.6 is 0 Å². The lowest BCUT2D eigenvalue weighted by Crippen LogP contribution is -2.40. The first kappa shape index (κ1) is 29.6. The van der Waals surface area contributed by atoms with Crippen molar-refractivity contribution in [3.8, 4) is 11.5 Å². The van der Waals surface area contributed by atoms with Crippen LogP contribution < -0.4 is 9.47 Å². The molecule has 2 aliphatic heterocycles. The number of carbonyl (C=O) groups excluding carboxylic acids is 1. The minimum absolute atomic E-state index is 0.0237. The molecule has 5 atom stereocenters. The van der Waals surface area contributed by atoms with Crippen molar-refractivity contribution >= 4 is 14.0 Å². The average Bonchev–Trinajstić information content (AvgIpc) is 3.11. The van der Waals surface area contributed by atoms with Crippen LogP contribution in [0.25, 0.3) is 0 Å². The maximum Gasteiger partial charge on any atom is 0.342 e. The Hall–Kier alpha value is -1.91. The van der Waals surface area contributed by atoms with Crippen molar-refractivity contribution in [3.05, 3.63) is 35.9 Å². The van der Waals surface area contributed by atoms with Crippen molar-refractivity contribution in [3.63, 3.8) is 0 Å². The Balaban J connectivity index is 2.01. The van der Waals surface area contributed by atoms with E-state index in [2.05, 4.69) is 26.2 Å². The Morgan fingerprint density at radius 2 is 1.95 bits per heavy atom. The molecule has 0 radical (unpaired) electrons. The topological polar surface area (TPSA) is 92.7 Å². The van der Waals surface area contributed by atoms with E-state index in [9.17, 15) is 9.90 Å². The molecular weight excluding hydrogens is 492 g/mol. The number of hydrogen-bond acceptors (Lipinski definition) is 8. The van der Waals surface area contributed by atoms with Gasteiger partial charge in [-0.1, -0.05) is 25.7 Å². The van der Waals surface area contributed by atoms with Crippen LogP contribution in [0.1, 0.15) is 61.9 Å². The van der Waals surface area contributed by atoms with Crippen LogP contribution in [0, 0.1) is 0 Å². The molecule has 0 amide bonds. The summed E-state index contributed by atoms with van der Waals surface area (Å²) in [6, 6.07) is 4.36. The number of aliphatic hydroxyl groups is 1. The molecule has 2 heterocycles. The predicted molar refractivity (Wildman–Crippen MR) is 144 cm³/mol. The highest BCUT2D eigenvalue weighted by molar-refractivity contribution is 6.76. The van der Waals surface area contributed by atoms with Crippen LogP contribution in [0.3, 0.4) is 0 Å². The van der Waals surface area contributed by atoms with Crippen molar-refractivity contribution < 1.29 is 38.3 Å². The zero-order valence-electron chi connectivity index (χ0n) is 23.4. The van der Waals surface area contributed by atoms with E-state index in [4.69, 9.17) is 28.4 Å². The number of hydrogen-bond donors (Lipinski definition) is 1. The summed E-state index contributed by atoms with van der Waals surface area (Å²) in [5, 5.41) is 11.6. The lowest BCUT2D eigenvalue weighted by molar-refractivity contribution is -0.156. The SMILES string of the molecule is C=CC1c2cc(OC)cc(OCOCC[Si](C)(C)C)c2C(=O)O[C@@H](C)CCC[C@@H]2OC(C)(C)O[C@H]2C1O. The fourth-order valence-electron chi connectivity index (χ4n) is 4.80. The van der Waals surface area contributed by atoms with Gasteiger partial charge >= 0.3 is 5.97 Å². The number of ether oxygens (including phenoxy) is 6. The maximum absolute atomic E-state index is 13.5. The third-order valence-corrected chi connectivity index (χ3v) is 8.49. The van der Waals surface area contributed by atoms with E-state index < -0.39 is 38.0 Å². The first-order chi connectivity index (χ1) is 17.3. The molecule has 208 valence electrons. The first-order valence-electron chi connectivity index (χ1n) is 13.1. The molecule has 2 aliphatic rings. The van der Waals surface area contributed by atoms with Gasteiger partial charge in [0.25, 0.3) is 0 Å². The van der Waals surface area contributed by atoms with E-state index in [0.29, 0.717) is 30.8 Å². The highest BCUT2D eigenvalue weighted by Crippen LogP contribution is 2.41. The summed E-state index contributed by atoms with van der Waals surface area (Å²) in [5.74, 6) is -1.28. The second kappa shape index (κ2) is 12.3. The van der Waals surface area contributed by atoms with Gasteiger partial charge < -0.3 is 33.5 Å². The van der Waals surface area contributed by atoms with E-state index in [0.717, 1.165) is 12.5 Å². The van der Waals surface area contributed by atoms with Gasteiger partial charge in [0, 0.05) is 26.7 Å². The zero-order valence-corrected chi connectivity index (χ0v) is 24.4. The van der Waals surface area contributed by atoms with E-state index in [1.165, 1.54) is 7.11 Å². The molecule has 0 saturated carbocycles. The largest absolute Gasteiger partial charge is 0.497 e. The number of rotatable bonds is 8. The van der Waals surface area contributed by atoms with Crippen LogP contribution in [0.5, 0.6) is 11.5 Å². The van der Waals surface area contributed by atoms with Crippen molar-refractivity contribution in [2.24, 2.45) is 0 Å². The summed E-state index contributed by atoms with van der Waals surface area (Å²) in [6.45, 7) is 16.9. The number of fused-ring (bicyclic) bond motifs is 2. The Morgan fingerprint density at radius 1 is 1.22 bits per heavy atom. The van der Waals surface area contributed by atoms with Crippen molar-refractivity contribution in [2.75, 3.05) is 20.5 Å². The number of carbonyl (C=O) groups is 1. The highest BCUT2D eigenvalue weighted by atomic mass is 28.3. The molecule has 1 aromatic carbocycles. The summed E-state index contributed by atoms with van der Waals surface area (Å²) < 4.78 is 35.4. The number of benzene rings is 1. The van der Waals surface area contributed by atoms with E-state index in [1.807, 2.05) is 20.8 Å². The van der Waals surface area contributed by atoms with E-state index >= 15 is 0 Å². The summed E-state index contributed by atoms with van der Waals surface area (Å²) in [7, 11) is 0.286. The summed E-state index contributed by atoms with van der Waals surface area (Å²) >= 11 is 0. The van der Waals surface area contributed by atoms with Gasteiger partial charge in [-0.3, -0.25) is 0 Å². The molecule has 8 nitrogen and oxygen atoms in total. The highest BCUT2D eigenvalue weighted by Gasteiger charge is 2.47. The monoisotopic (exact) mass is 536 g/mol. The van der Waals surface area contributed by atoms with Crippen LogP contribution in [-0.4, -0.2) is 69.9 Å². The number of cyclic esters (lactones) is 1. The van der Waals surface area contributed by atoms with Crippen molar-refractivity contribution in [2.45, 2.75) is 102 Å². The Kier molecular flexibility index (Phi) is 9.85. The second-order valence-corrected chi connectivity index (χ2v) is 17.2. The standard InChI is InChI=1S/C28H44O8Si/c1-9-20-21-15-19(31-5)16-23(33-17-32-13-14-37(6,7)8)24(21)27(30)34-18(2)11-10-12-22-26(25(20)29)36-28(3,4)35-22/h9,15-16,18,20,22,25-26,29H,1,10-14,17H2,2-8H3/t18-,20?,22-,25?,26+/m0/s1. The van der Waals surface area contributed by atoms with Crippen LogP contribution in [-0.2, 0) is 18.9 Å². The first-order valence-corrected chi connectivity index (χ1v) is 16.9. The molecule has 0 bridgehead atoms. The Bertz CT molecular complexity index is 941. The van der Waals surface area contributed by atoms with Gasteiger partial charge in [-0.05, 0) is 57.7 Å². The van der Waals surface area contributed by atoms with Gasteiger partial charge in [0.05, 0.1) is 25.4 Å². The Labute approximate surface area is 222 Å². The molecular formula is C28H44O8Si. The molecule has 1 fully saturated rings. The van der Waals surface area contributed by atoms with Gasteiger partial charge in [-0.25, -0.2) is 4.79 Å². The average molecular weight is 537 g/mol. The van der Waals surface area contributed by atoms with Gasteiger partial charge in [0.2, 0.25) is 0 Å². The molecule has 0 spiro atoms. The third kappa shape index (κ3) is 7.80. The molecule has 37 heavy (non-hydrogen) atoms. The van der Waals surface area contributed by atoms with Crippen LogP contribution in [0.2, 0.25) is 25.7 Å². The number of methoxy groups -OCH3 is 1. The fourth-order valence-corrected chi connectivity index (χ4v) is 5.56. The van der Waals surface area contributed by atoms with Crippen LogP contribution in [0.15, 0.2) is 24.8 Å². The van der Waals surface area contributed by atoms with E-state index in [-0.39, 0.29) is 30.3 Å². The molecule has 2 unspecified atom stereocenters. The maximum atomic E-state index is 13.5. The molecule has 1 saturated heterocycles. The Morgan fingerprint density at radius 3 is 2.59 bits per heavy atom. The normalized spacial score (nSPS) is 28.2. The molecule has 1 aromatic rings. The van der Waals surface area contributed by atoms with Crippen molar-refractivity contribution in [1.29, 1.82) is 0 Å². The van der Waals surface area contributed by atoms with Gasteiger partial charge in [0.15, 0.2) is 12.6 Å².